The van der Waals surface area contributed by atoms with Crippen LogP contribution in [0.15, 0.2) is 6.07 Å². The number of carbonyl (C=O) groups excluding carboxylic acids is 2. The number of imide groups is 1. The number of amides is 2. The Hall–Kier alpha value is -2.02. The van der Waals surface area contributed by atoms with E-state index in [-0.39, 0.29) is 11.8 Å². The van der Waals surface area contributed by atoms with Crippen LogP contribution in [0.1, 0.15) is 31.3 Å². The van der Waals surface area contributed by atoms with E-state index in [1.807, 2.05) is 13.0 Å². The molecule has 2 fully saturated rings. The molecular weight excluding hydrogens is 306 g/mol. The van der Waals surface area contributed by atoms with E-state index in [1.165, 1.54) is 4.90 Å². The van der Waals surface area contributed by atoms with E-state index >= 15 is 0 Å². The molecule has 7 nitrogen and oxygen atoms in total. The molecule has 130 valence electrons. The summed E-state index contributed by atoms with van der Waals surface area (Å²) in [4.78, 5) is 38.7. The standard InChI is InChI=1S/C17H25N5O2/c1-3-14-18-13(2)11-15(19-14)21-9-7-20(8-10-21)12-17(24)22-6-4-5-16(22)23/h11H,3-10,12H2,1-2H3. The van der Waals surface area contributed by atoms with Gasteiger partial charge in [-0.25, -0.2) is 9.97 Å². The number of aryl methyl sites for hydroxylation is 2. The number of carbonyl (C=O) groups is 2. The van der Waals surface area contributed by atoms with Gasteiger partial charge in [-0.3, -0.25) is 19.4 Å². The normalized spacial score (nSPS) is 19.2. The molecule has 0 atom stereocenters. The second-order valence-electron chi connectivity index (χ2n) is 6.44. The predicted molar refractivity (Wildman–Crippen MR) is 90.8 cm³/mol. The highest BCUT2D eigenvalue weighted by molar-refractivity contribution is 5.97. The van der Waals surface area contributed by atoms with Gasteiger partial charge >= 0.3 is 0 Å². The molecule has 0 aliphatic carbocycles. The van der Waals surface area contributed by atoms with Gasteiger partial charge in [0.15, 0.2) is 0 Å². The van der Waals surface area contributed by atoms with Gasteiger partial charge in [-0.05, 0) is 13.3 Å². The topological polar surface area (TPSA) is 69.6 Å². The summed E-state index contributed by atoms with van der Waals surface area (Å²) in [5.41, 5.74) is 0.988. The van der Waals surface area contributed by atoms with Crippen LogP contribution in [0, 0.1) is 6.92 Å². The maximum absolute atomic E-state index is 12.2. The monoisotopic (exact) mass is 331 g/mol. The third-order valence-corrected chi connectivity index (χ3v) is 4.63. The Bertz CT molecular complexity index is 625. The van der Waals surface area contributed by atoms with Gasteiger partial charge < -0.3 is 4.90 Å². The minimum atomic E-state index is -0.0582. The second kappa shape index (κ2) is 7.25. The van der Waals surface area contributed by atoms with Crippen molar-refractivity contribution in [3.8, 4) is 0 Å². The van der Waals surface area contributed by atoms with Crippen molar-refractivity contribution in [2.45, 2.75) is 33.1 Å². The summed E-state index contributed by atoms with van der Waals surface area (Å²) in [7, 11) is 0. The number of hydrogen-bond acceptors (Lipinski definition) is 6. The fourth-order valence-corrected chi connectivity index (χ4v) is 3.26. The van der Waals surface area contributed by atoms with Crippen molar-refractivity contribution in [2.75, 3.05) is 44.2 Å². The molecule has 24 heavy (non-hydrogen) atoms. The summed E-state index contributed by atoms with van der Waals surface area (Å²) in [5, 5.41) is 0. The molecule has 2 amide bonds. The lowest BCUT2D eigenvalue weighted by atomic mass is 10.3. The SMILES string of the molecule is CCc1nc(C)cc(N2CCN(CC(=O)N3CCCC3=O)CC2)n1. The van der Waals surface area contributed by atoms with E-state index in [4.69, 9.17) is 0 Å². The first-order chi connectivity index (χ1) is 11.6. The van der Waals surface area contributed by atoms with Crippen molar-refractivity contribution >= 4 is 17.6 Å². The number of anilines is 1. The summed E-state index contributed by atoms with van der Waals surface area (Å²) < 4.78 is 0. The zero-order chi connectivity index (χ0) is 17.1. The molecule has 7 heteroatoms. The van der Waals surface area contributed by atoms with Crippen LogP contribution in [0.2, 0.25) is 0 Å². The Labute approximate surface area is 142 Å². The first-order valence-corrected chi connectivity index (χ1v) is 8.72. The van der Waals surface area contributed by atoms with E-state index < -0.39 is 0 Å². The highest BCUT2D eigenvalue weighted by atomic mass is 16.2. The first-order valence-electron chi connectivity index (χ1n) is 8.72. The highest BCUT2D eigenvalue weighted by Gasteiger charge is 2.28. The van der Waals surface area contributed by atoms with Crippen LogP contribution in [-0.4, -0.2) is 70.9 Å². The zero-order valence-corrected chi connectivity index (χ0v) is 14.5. The van der Waals surface area contributed by atoms with Gasteiger partial charge in [0.2, 0.25) is 11.8 Å². The maximum atomic E-state index is 12.2. The third kappa shape index (κ3) is 3.72. The van der Waals surface area contributed by atoms with Crippen molar-refractivity contribution in [1.29, 1.82) is 0 Å². The molecule has 0 N–H and O–H groups in total. The average Bonchev–Trinajstić information content (AvgIpc) is 3.01. The molecule has 0 radical (unpaired) electrons. The van der Waals surface area contributed by atoms with Gasteiger partial charge in [0.05, 0.1) is 6.54 Å². The molecule has 0 spiro atoms. The van der Waals surface area contributed by atoms with Gasteiger partial charge in [0.25, 0.3) is 0 Å². The van der Waals surface area contributed by atoms with Crippen LogP contribution in [0.3, 0.4) is 0 Å². The minimum absolute atomic E-state index is 0.0257. The Morgan fingerprint density at radius 1 is 1.17 bits per heavy atom. The Morgan fingerprint density at radius 3 is 2.54 bits per heavy atom. The molecule has 2 saturated heterocycles. The van der Waals surface area contributed by atoms with E-state index in [9.17, 15) is 9.59 Å². The zero-order valence-electron chi connectivity index (χ0n) is 14.5. The fourth-order valence-electron chi connectivity index (χ4n) is 3.26. The van der Waals surface area contributed by atoms with E-state index in [2.05, 4.69) is 26.7 Å². The number of nitrogens with zero attached hydrogens (tertiary/aromatic N) is 5. The molecule has 3 heterocycles. The average molecular weight is 331 g/mol. The molecular formula is C17H25N5O2. The molecule has 1 aromatic rings. The number of aromatic nitrogens is 2. The van der Waals surface area contributed by atoms with E-state index in [0.29, 0.717) is 19.5 Å². The summed E-state index contributed by atoms with van der Waals surface area (Å²) >= 11 is 0. The van der Waals surface area contributed by atoms with Gasteiger partial charge in [0.1, 0.15) is 11.6 Å². The number of likely N-dealkylation sites (tertiary alicyclic amines) is 1. The van der Waals surface area contributed by atoms with Crippen LogP contribution < -0.4 is 4.90 Å². The van der Waals surface area contributed by atoms with Crippen LogP contribution in [0.5, 0.6) is 0 Å². The third-order valence-electron chi connectivity index (χ3n) is 4.63. The molecule has 2 aliphatic heterocycles. The van der Waals surface area contributed by atoms with Crippen molar-refractivity contribution < 1.29 is 9.59 Å². The lowest BCUT2D eigenvalue weighted by Crippen LogP contribution is -2.50. The fraction of sp³-hybridized carbons (Fsp3) is 0.647. The lowest BCUT2D eigenvalue weighted by molar-refractivity contribution is -0.142. The second-order valence-corrected chi connectivity index (χ2v) is 6.44. The molecule has 3 rings (SSSR count). The van der Waals surface area contributed by atoms with Gasteiger partial charge in [-0.15, -0.1) is 0 Å². The summed E-state index contributed by atoms with van der Waals surface area (Å²) in [6, 6.07) is 2.02. The summed E-state index contributed by atoms with van der Waals surface area (Å²) in [6.07, 6.45) is 2.13. The molecule has 0 bridgehead atoms. The van der Waals surface area contributed by atoms with Gasteiger partial charge in [0, 0.05) is 57.3 Å². The Kier molecular flexibility index (Phi) is 5.08. The van der Waals surface area contributed by atoms with Crippen LogP contribution in [-0.2, 0) is 16.0 Å². The minimum Gasteiger partial charge on any atom is -0.354 e. The Morgan fingerprint density at radius 2 is 1.92 bits per heavy atom. The van der Waals surface area contributed by atoms with Crippen molar-refractivity contribution in [3.63, 3.8) is 0 Å². The number of hydrogen-bond donors (Lipinski definition) is 0. The summed E-state index contributed by atoms with van der Waals surface area (Å²) in [5.74, 6) is 1.76. The van der Waals surface area contributed by atoms with Crippen LogP contribution in [0.25, 0.3) is 0 Å². The van der Waals surface area contributed by atoms with Crippen LogP contribution >= 0.6 is 0 Å². The smallest absolute Gasteiger partial charge is 0.243 e. The van der Waals surface area contributed by atoms with Gasteiger partial charge in [-0.1, -0.05) is 6.92 Å². The van der Waals surface area contributed by atoms with E-state index in [1.54, 1.807) is 0 Å². The van der Waals surface area contributed by atoms with Crippen molar-refractivity contribution in [1.82, 2.24) is 19.8 Å². The van der Waals surface area contributed by atoms with E-state index in [0.717, 1.165) is 56.4 Å². The largest absolute Gasteiger partial charge is 0.354 e. The quantitative estimate of drug-likeness (QED) is 0.805. The van der Waals surface area contributed by atoms with Gasteiger partial charge in [-0.2, -0.15) is 0 Å². The first kappa shape index (κ1) is 16.8. The Balaban J connectivity index is 1.55. The van der Waals surface area contributed by atoms with Crippen molar-refractivity contribution in [3.05, 3.63) is 17.6 Å². The molecule has 0 unspecified atom stereocenters. The van der Waals surface area contributed by atoms with Crippen LogP contribution in [0.4, 0.5) is 5.82 Å². The number of rotatable bonds is 4. The molecule has 0 aromatic carbocycles. The molecule has 0 saturated carbocycles. The lowest BCUT2D eigenvalue weighted by Gasteiger charge is -2.35. The van der Waals surface area contributed by atoms with Crippen molar-refractivity contribution in [2.24, 2.45) is 0 Å². The highest BCUT2D eigenvalue weighted by Crippen LogP contribution is 2.16. The molecule has 2 aliphatic rings. The summed E-state index contributed by atoms with van der Waals surface area (Å²) in [6.45, 7) is 8.24. The predicted octanol–water partition coefficient (Wildman–Crippen LogP) is 0.618. The maximum Gasteiger partial charge on any atom is 0.243 e. The molecule has 1 aromatic heterocycles. The number of piperazine rings is 1.